The van der Waals surface area contributed by atoms with E-state index in [-0.39, 0.29) is 5.56 Å². The summed E-state index contributed by atoms with van der Waals surface area (Å²) in [6.07, 6.45) is 5.10. The molecule has 4 aromatic rings. The van der Waals surface area contributed by atoms with Crippen LogP contribution in [0.15, 0.2) is 40.4 Å². The van der Waals surface area contributed by atoms with Crippen LogP contribution in [0.4, 0.5) is 0 Å². The van der Waals surface area contributed by atoms with E-state index in [0.29, 0.717) is 17.0 Å². The Morgan fingerprint density at radius 3 is 3.11 bits per heavy atom. The smallest absolute Gasteiger partial charge is 0.258 e. The third-order valence-electron chi connectivity index (χ3n) is 5.06. The second kappa shape index (κ2) is 6.73. The molecule has 3 heterocycles. The molecular weight excluding hydrogens is 376 g/mol. The zero-order valence-corrected chi connectivity index (χ0v) is 16.5. The van der Waals surface area contributed by atoms with Gasteiger partial charge in [-0.3, -0.25) is 4.79 Å². The molecule has 5 nitrogen and oxygen atoms in total. The van der Waals surface area contributed by atoms with Gasteiger partial charge in [0.1, 0.15) is 22.0 Å². The first-order chi connectivity index (χ1) is 13.2. The number of aryl methyl sites for hydroxylation is 1. The highest BCUT2D eigenvalue weighted by atomic mass is 32.2. The van der Waals surface area contributed by atoms with E-state index in [2.05, 4.69) is 26.9 Å². The Labute approximate surface area is 164 Å². The van der Waals surface area contributed by atoms with Gasteiger partial charge in [-0.05, 0) is 42.9 Å². The van der Waals surface area contributed by atoms with Crippen molar-refractivity contribution in [1.29, 1.82) is 0 Å². The molecule has 0 spiro atoms. The minimum Gasteiger partial charge on any atom is -0.309 e. The SMILES string of the molecule is C[C@H]1CCc2c(sc3ncnc(SCc4nc5ccccc5c(=O)[nH]4)c23)C1. The third-order valence-corrected chi connectivity index (χ3v) is 7.23. The number of nitrogens with zero attached hydrogens (tertiary/aromatic N) is 3. The number of thioether (sulfide) groups is 1. The van der Waals surface area contributed by atoms with Crippen LogP contribution in [-0.4, -0.2) is 19.9 Å². The van der Waals surface area contributed by atoms with Crippen LogP contribution in [0.3, 0.4) is 0 Å². The Kier molecular flexibility index (Phi) is 4.21. The van der Waals surface area contributed by atoms with E-state index in [1.807, 2.05) is 18.2 Å². The minimum atomic E-state index is -0.0917. The molecule has 0 amide bonds. The fraction of sp³-hybridized carbons (Fsp3) is 0.300. The number of benzene rings is 1. The largest absolute Gasteiger partial charge is 0.309 e. The van der Waals surface area contributed by atoms with Crippen molar-refractivity contribution in [2.75, 3.05) is 0 Å². The first-order valence-electron chi connectivity index (χ1n) is 9.05. The maximum atomic E-state index is 12.3. The highest BCUT2D eigenvalue weighted by molar-refractivity contribution is 7.98. The van der Waals surface area contributed by atoms with Crippen molar-refractivity contribution in [3.63, 3.8) is 0 Å². The van der Waals surface area contributed by atoms with Crippen LogP contribution in [0.1, 0.15) is 29.6 Å². The summed E-state index contributed by atoms with van der Waals surface area (Å²) in [5.74, 6) is 1.99. The van der Waals surface area contributed by atoms with Crippen molar-refractivity contribution in [2.45, 2.75) is 37.0 Å². The fourth-order valence-electron chi connectivity index (χ4n) is 3.70. The summed E-state index contributed by atoms with van der Waals surface area (Å²) in [7, 11) is 0. The predicted molar refractivity (Wildman–Crippen MR) is 111 cm³/mol. The molecule has 0 aliphatic heterocycles. The number of thiophene rings is 1. The molecule has 136 valence electrons. The molecule has 7 heteroatoms. The van der Waals surface area contributed by atoms with Crippen LogP contribution in [0.2, 0.25) is 0 Å². The number of nitrogens with one attached hydrogen (secondary N) is 1. The molecule has 27 heavy (non-hydrogen) atoms. The summed E-state index contributed by atoms with van der Waals surface area (Å²) >= 11 is 3.43. The van der Waals surface area contributed by atoms with E-state index in [1.165, 1.54) is 22.2 Å². The normalized spacial score (nSPS) is 16.7. The minimum absolute atomic E-state index is 0.0917. The second-order valence-corrected chi connectivity index (χ2v) is 9.08. The lowest BCUT2D eigenvalue weighted by atomic mass is 9.89. The Hall–Kier alpha value is -2.25. The summed E-state index contributed by atoms with van der Waals surface area (Å²) < 4.78 is 0. The average Bonchev–Trinajstić information content (AvgIpc) is 3.04. The van der Waals surface area contributed by atoms with Gasteiger partial charge < -0.3 is 4.98 Å². The maximum absolute atomic E-state index is 12.3. The highest BCUT2D eigenvalue weighted by Crippen LogP contribution is 2.40. The Morgan fingerprint density at radius 1 is 1.30 bits per heavy atom. The predicted octanol–water partition coefficient (Wildman–Crippen LogP) is 4.34. The van der Waals surface area contributed by atoms with Crippen LogP contribution in [0.25, 0.3) is 21.1 Å². The molecule has 1 atom stereocenters. The summed E-state index contributed by atoms with van der Waals surface area (Å²) in [4.78, 5) is 31.4. The van der Waals surface area contributed by atoms with Gasteiger partial charge in [-0.25, -0.2) is 15.0 Å². The molecule has 0 unspecified atom stereocenters. The van der Waals surface area contributed by atoms with Crippen LogP contribution >= 0.6 is 23.1 Å². The van der Waals surface area contributed by atoms with E-state index in [4.69, 9.17) is 0 Å². The van der Waals surface area contributed by atoms with Gasteiger partial charge in [0.15, 0.2) is 0 Å². The van der Waals surface area contributed by atoms with Crippen molar-refractivity contribution in [1.82, 2.24) is 19.9 Å². The van der Waals surface area contributed by atoms with E-state index < -0.39 is 0 Å². The van der Waals surface area contributed by atoms with Crippen LogP contribution in [-0.2, 0) is 18.6 Å². The molecular formula is C20H18N4OS2. The van der Waals surface area contributed by atoms with E-state index in [0.717, 1.165) is 34.1 Å². The van der Waals surface area contributed by atoms with Gasteiger partial charge in [-0.2, -0.15) is 0 Å². The molecule has 1 N–H and O–H groups in total. The van der Waals surface area contributed by atoms with Crippen molar-refractivity contribution < 1.29 is 0 Å². The maximum Gasteiger partial charge on any atom is 0.258 e. The summed E-state index contributed by atoms with van der Waals surface area (Å²) in [6, 6.07) is 7.42. The van der Waals surface area contributed by atoms with Crippen molar-refractivity contribution in [3.8, 4) is 0 Å². The monoisotopic (exact) mass is 394 g/mol. The second-order valence-electron chi connectivity index (χ2n) is 7.03. The lowest BCUT2D eigenvalue weighted by molar-refractivity contribution is 0.509. The van der Waals surface area contributed by atoms with Crippen LogP contribution in [0, 0.1) is 5.92 Å². The number of fused-ring (bicyclic) bond motifs is 4. The third kappa shape index (κ3) is 3.04. The molecule has 3 aromatic heterocycles. The van der Waals surface area contributed by atoms with E-state index in [9.17, 15) is 4.79 Å². The van der Waals surface area contributed by atoms with Crippen molar-refractivity contribution >= 4 is 44.2 Å². The van der Waals surface area contributed by atoms with E-state index in [1.54, 1.807) is 35.5 Å². The Morgan fingerprint density at radius 2 is 2.19 bits per heavy atom. The number of hydrogen-bond donors (Lipinski definition) is 1. The summed E-state index contributed by atoms with van der Waals surface area (Å²) in [5, 5.41) is 2.82. The van der Waals surface area contributed by atoms with Gasteiger partial charge in [0.2, 0.25) is 0 Å². The van der Waals surface area contributed by atoms with Gasteiger partial charge in [0.05, 0.1) is 16.7 Å². The fourth-order valence-corrected chi connectivity index (χ4v) is 6.01. The Balaban J connectivity index is 1.50. The zero-order chi connectivity index (χ0) is 18.4. The average molecular weight is 395 g/mol. The summed E-state index contributed by atoms with van der Waals surface area (Å²) in [6.45, 7) is 2.32. The molecule has 0 radical (unpaired) electrons. The van der Waals surface area contributed by atoms with Crippen molar-refractivity contribution in [2.24, 2.45) is 5.92 Å². The molecule has 1 aliphatic carbocycles. The van der Waals surface area contributed by atoms with Crippen LogP contribution in [0.5, 0.6) is 0 Å². The molecule has 0 saturated carbocycles. The van der Waals surface area contributed by atoms with Crippen LogP contribution < -0.4 is 5.56 Å². The van der Waals surface area contributed by atoms with Gasteiger partial charge in [-0.1, -0.05) is 30.8 Å². The number of H-pyrrole nitrogens is 1. The molecule has 0 bridgehead atoms. The number of para-hydroxylation sites is 1. The van der Waals surface area contributed by atoms with Gasteiger partial charge in [-0.15, -0.1) is 11.3 Å². The van der Waals surface area contributed by atoms with E-state index >= 15 is 0 Å². The molecule has 1 aliphatic rings. The topological polar surface area (TPSA) is 71.5 Å². The number of hydrogen-bond acceptors (Lipinski definition) is 6. The van der Waals surface area contributed by atoms with Gasteiger partial charge >= 0.3 is 0 Å². The molecule has 0 saturated heterocycles. The molecule has 0 fully saturated rings. The number of aromatic amines is 1. The molecule has 5 rings (SSSR count). The standard InChI is InChI=1S/C20H18N4OS2/c1-11-6-7-13-15(8-11)27-20-17(13)19(21-10-22-20)26-9-16-23-14-5-3-2-4-12(14)18(25)24-16/h2-5,10-11H,6-9H2,1H3,(H,23,24,25)/t11-/m0/s1. The van der Waals surface area contributed by atoms with Gasteiger partial charge in [0.25, 0.3) is 5.56 Å². The first-order valence-corrected chi connectivity index (χ1v) is 10.8. The number of rotatable bonds is 3. The quantitative estimate of drug-likeness (QED) is 0.413. The van der Waals surface area contributed by atoms with Gasteiger partial charge in [0, 0.05) is 10.3 Å². The lowest BCUT2D eigenvalue weighted by Gasteiger charge is -2.18. The lowest BCUT2D eigenvalue weighted by Crippen LogP contribution is -2.11. The highest BCUT2D eigenvalue weighted by Gasteiger charge is 2.23. The van der Waals surface area contributed by atoms with Crippen molar-refractivity contribution in [3.05, 3.63) is 57.2 Å². The zero-order valence-electron chi connectivity index (χ0n) is 14.9. The Bertz CT molecular complexity index is 1210. The summed E-state index contributed by atoms with van der Waals surface area (Å²) in [5.41, 5.74) is 2.06. The number of aromatic nitrogens is 4. The first kappa shape index (κ1) is 16.9. The molecule has 1 aromatic carbocycles.